The summed E-state index contributed by atoms with van der Waals surface area (Å²) >= 11 is 12.9. The van der Waals surface area contributed by atoms with Gasteiger partial charge in [0.25, 0.3) is 0 Å². The van der Waals surface area contributed by atoms with Gasteiger partial charge in [0.2, 0.25) is 0 Å². The highest BCUT2D eigenvalue weighted by molar-refractivity contribution is 6.39. The van der Waals surface area contributed by atoms with Crippen LogP contribution in [-0.4, -0.2) is 9.72 Å². The van der Waals surface area contributed by atoms with E-state index in [-0.39, 0.29) is 5.92 Å². The topological polar surface area (TPSA) is 40.2 Å². The maximum atomic E-state index is 6.46. The summed E-state index contributed by atoms with van der Waals surface area (Å²) in [6, 6.07) is 24.1. The summed E-state index contributed by atoms with van der Waals surface area (Å²) in [6.45, 7) is 5.24. The smallest absolute Gasteiger partial charge is 0.146 e. The Morgan fingerprint density at radius 2 is 1.71 bits per heavy atom. The van der Waals surface area contributed by atoms with E-state index in [4.69, 9.17) is 32.5 Å². The molecule has 0 spiro atoms. The molecule has 2 heterocycles. The molecular weight excluding hydrogens is 467 g/mol. The molecule has 0 N–H and O–H groups in total. The third-order valence-corrected chi connectivity index (χ3v) is 6.49. The van der Waals surface area contributed by atoms with E-state index in [1.54, 1.807) is 12.1 Å². The summed E-state index contributed by atoms with van der Waals surface area (Å²) in [7, 11) is 0. The lowest BCUT2D eigenvalue weighted by atomic mass is 10.0. The molecule has 3 aromatic carbocycles. The van der Waals surface area contributed by atoms with Crippen molar-refractivity contribution in [1.29, 1.82) is 0 Å². The average Bonchev–Trinajstić information content (AvgIpc) is 3.42. The molecule has 0 atom stereocenters. The fourth-order valence-corrected chi connectivity index (χ4v) is 4.75. The van der Waals surface area contributed by atoms with Gasteiger partial charge < -0.3 is 13.8 Å². The van der Waals surface area contributed by atoms with E-state index in [1.807, 2.05) is 18.2 Å². The van der Waals surface area contributed by atoms with Gasteiger partial charge in [-0.1, -0.05) is 78.6 Å². The van der Waals surface area contributed by atoms with Gasteiger partial charge >= 0.3 is 0 Å². The van der Waals surface area contributed by atoms with Gasteiger partial charge in [-0.3, -0.25) is 0 Å². The minimum absolute atomic E-state index is 0.135. The molecule has 172 valence electrons. The van der Waals surface area contributed by atoms with Crippen molar-refractivity contribution >= 4 is 34.1 Å². The lowest BCUT2D eigenvalue weighted by molar-refractivity contribution is 0.299. The normalized spacial score (nSPS) is 11.4. The maximum absolute atomic E-state index is 6.46. The molecule has 0 aliphatic carbocycles. The molecule has 2 aromatic heterocycles. The van der Waals surface area contributed by atoms with Crippen LogP contribution < -0.4 is 4.74 Å². The van der Waals surface area contributed by atoms with Crippen molar-refractivity contribution in [2.24, 2.45) is 0 Å². The quantitative estimate of drug-likeness (QED) is 0.230. The second kappa shape index (κ2) is 9.57. The minimum Gasteiger partial charge on any atom is -0.489 e. The zero-order chi connectivity index (χ0) is 23.7. The van der Waals surface area contributed by atoms with Crippen LogP contribution in [0.4, 0.5) is 0 Å². The molecule has 0 radical (unpaired) electrons. The van der Waals surface area contributed by atoms with Gasteiger partial charge in [-0.15, -0.1) is 0 Å². The standard InChI is InChI=1S/C28H24Cl2N2O2/c1-18(2)28-22(27(31-34-28)26-23(29)9-6-10-24(26)30)17-33-21-11-12-25-20(15-21)13-14-32(25)16-19-7-4-3-5-8-19/h3-15,18H,16-17H2,1-2H3. The van der Waals surface area contributed by atoms with Crippen LogP contribution in [-0.2, 0) is 13.2 Å². The molecule has 34 heavy (non-hydrogen) atoms. The number of hydrogen-bond donors (Lipinski definition) is 0. The fraction of sp³-hybridized carbons (Fsp3) is 0.179. The Labute approximate surface area is 208 Å². The highest BCUT2D eigenvalue weighted by Gasteiger charge is 2.23. The van der Waals surface area contributed by atoms with Gasteiger partial charge in [0.15, 0.2) is 0 Å². The van der Waals surface area contributed by atoms with Crippen molar-refractivity contribution in [2.45, 2.75) is 32.9 Å². The van der Waals surface area contributed by atoms with Gasteiger partial charge in [0, 0.05) is 35.1 Å². The number of benzene rings is 3. The van der Waals surface area contributed by atoms with E-state index in [2.05, 4.69) is 72.2 Å². The first-order valence-corrected chi connectivity index (χ1v) is 12.0. The highest BCUT2D eigenvalue weighted by Crippen LogP contribution is 2.39. The first-order valence-electron chi connectivity index (χ1n) is 11.2. The Kier molecular flexibility index (Phi) is 6.36. The predicted molar refractivity (Wildman–Crippen MR) is 138 cm³/mol. The number of aromatic nitrogens is 2. The van der Waals surface area contributed by atoms with Crippen LogP contribution in [0.5, 0.6) is 5.75 Å². The summed E-state index contributed by atoms with van der Waals surface area (Å²) in [6.07, 6.45) is 2.11. The van der Waals surface area contributed by atoms with E-state index in [0.717, 1.165) is 34.5 Å². The van der Waals surface area contributed by atoms with Crippen LogP contribution in [0.1, 0.15) is 36.7 Å². The SMILES string of the molecule is CC(C)c1onc(-c2c(Cl)cccc2Cl)c1COc1ccc2c(ccn2Cc2ccccc2)c1. The average molecular weight is 491 g/mol. The third-order valence-electron chi connectivity index (χ3n) is 5.86. The van der Waals surface area contributed by atoms with Crippen LogP contribution in [0.3, 0.4) is 0 Å². The van der Waals surface area contributed by atoms with E-state index >= 15 is 0 Å². The fourth-order valence-electron chi connectivity index (χ4n) is 4.18. The second-order valence-corrected chi connectivity index (χ2v) is 9.38. The van der Waals surface area contributed by atoms with Gasteiger partial charge in [-0.25, -0.2) is 0 Å². The predicted octanol–water partition coefficient (Wildman–Crippen LogP) is 8.35. The number of hydrogen-bond acceptors (Lipinski definition) is 3. The lowest BCUT2D eigenvalue weighted by Gasteiger charge is -2.11. The number of fused-ring (bicyclic) bond motifs is 1. The van der Waals surface area contributed by atoms with Crippen molar-refractivity contribution in [3.8, 4) is 17.0 Å². The molecule has 0 amide bonds. The molecule has 0 aliphatic rings. The molecule has 0 fully saturated rings. The molecule has 0 saturated carbocycles. The van der Waals surface area contributed by atoms with Crippen LogP contribution in [0, 0.1) is 0 Å². The first kappa shape index (κ1) is 22.6. The zero-order valence-electron chi connectivity index (χ0n) is 19.0. The van der Waals surface area contributed by atoms with Crippen LogP contribution in [0.25, 0.3) is 22.2 Å². The molecule has 0 aliphatic heterocycles. The third kappa shape index (κ3) is 4.44. The zero-order valence-corrected chi connectivity index (χ0v) is 20.5. The van der Waals surface area contributed by atoms with Gasteiger partial charge in [-0.2, -0.15) is 0 Å². The van der Waals surface area contributed by atoms with Crippen molar-refractivity contribution in [1.82, 2.24) is 9.72 Å². The highest BCUT2D eigenvalue weighted by atomic mass is 35.5. The van der Waals surface area contributed by atoms with Crippen molar-refractivity contribution in [2.75, 3.05) is 0 Å². The second-order valence-electron chi connectivity index (χ2n) is 8.56. The minimum atomic E-state index is 0.135. The number of ether oxygens (including phenoxy) is 1. The summed E-state index contributed by atoms with van der Waals surface area (Å²) in [5, 5.41) is 6.48. The summed E-state index contributed by atoms with van der Waals surface area (Å²) in [5.74, 6) is 1.67. The Hall–Kier alpha value is -3.21. The first-order chi connectivity index (χ1) is 16.5. The summed E-state index contributed by atoms with van der Waals surface area (Å²) in [5.41, 5.74) is 4.56. The molecule has 0 saturated heterocycles. The van der Waals surface area contributed by atoms with E-state index in [9.17, 15) is 0 Å². The summed E-state index contributed by atoms with van der Waals surface area (Å²) in [4.78, 5) is 0. The summed E-state index contributed by atoms with van der Waals surface area (Å²) < 4.78 is 14.2. The number of rotatable bonds is 7. The molecule has 0 unspecified atom stereocenters. The van der Waals surface area contributed by atoms with Gasteiger partial charge in [0.05, 0.1) is 15.6 Å². The molecule has 6 heteroatoms. The van der Waals surface area contributed by atoms with E-state index in [0.29, 0.717) is 27.9 Å². The molecular formula is C28H24Cl2N2O2. The van der Waals surface area contributed by atoms with E-state index in [1.165, 1.54) is 5.56 Å². The van der Waals surface area contributed by atoms with Crippen molar-refractivity contribution < 1.29 is 9.26 Å². The largest absolute Gasteiger partial charge is 0.489 e. The number of halogens is 2. The van der Waals surface area contributed by atoms with Gasteiger partial charge in [0.1, 0.15) is 23.8 Å². The Balaban J connectivity index is 1.42. The molecule has 0 bridgehead atoms. The van der Waals surface area contributed by atoms with Crippen LogP contribution >= 0.6 is 23.2 Å². The van der Waals surface area contributed by atoms with Crippen molar-refractivity contribution in [3.05, 3.63) is 106 Å². The monoisotopic (exact) mass is 490 g/mol. The number of nitrogens with zero attached hydrogens (tertiary/aromatic N) is 2. The van der Waals surface area contributed by atoms with Crippen molar-refractivity contribution in [3.63, 3.8) is 0 Å². The Morgan fingerprint density at radius 3 is 2.44 bits per heavy atom. The molecule has 5 aromatic rings. The van der Waals surface area contributed by atoms with Gasteiger partial charge in [-0.05, 0) is 42.0 Å². The van der Waals surface area contributed by atoms with Crippen LogP contribution in [0.2, 0.25) is 10.0 Å². The Morgan fingerprint density at radius 1 is 0.941 bits per heavy atom. The van der Waals surface area contributed by atoms with E-state index < -0.39 is 0 Å². The molecule has 4 nitrogen and oxygen atoms in total. The maximum Gasteiger partial charge on any atom is 0.146 e. The lowest BCUT2D eigenvalue weighted by Crippen LogP contribution is -2.01. The molecule has 5 rings (SSSR count). The van der Waals surface area contributed by atoms with Crippen LogP contribution in [0.15, 0.2) is 83.5 Å². The Bertz CT molecular complexity index is 1420.